The van der Waals surface area contributed by atoms with Crippen LogP contribution < -0.4 is 10.1 Å². The number of hydrogen-bond donors (Lipinski definition) is 3. The topological polar surface area (TPSA) is 71.0 Å². The number of aliphatic hydroxyl groups is 1. The van der Waals surface area contributed by atoms with Gasteiger partial charge in [0.15, 0.2) is 11.5 Å². The predicted octanol–water partition coefficient (Wildman–Crippen LogP) is 1.77. The van der Waals surface area contributed by atoms with E-state index in [0.717, 1.165) is 5.56 Å². The fraction of sp³-hybridized carbons (Fsp3) is 0.600. The standard InChI is InChI=1S/C15H23NO4/c1-14(2)10-15(18,6-7-20-14)16-9-11-4-5-12(17)13(8-11)19-3/h4-5,8,16-18H,6-7,9-10H2,1-3H3. The van der Waals surface area contributed by atoms with E-state index in [2.05, 4.69) is 5.32 Å². The lowest BCUT2D eigenvalue weighted by Gasteiger charge is -2.42. The van der Waals surface area contributed by atoms with Crippen molar-refractivity contribution >= 4 is 0 Å². The second-order valence-corrected chi connectivity index (χ2v) is 5.93. The third-order valence-electron chi connectivity index (χ3n) is 3.59. The van der Waals surface area contributed by atoms with Crippen molar-refractivity contribution in [3.63, 3.8) is 0 Å². The lowest BCUT2D eigenvalue weighted by atomic mass is 9.90. The molecule has 112 valence electrons. The van der Waals surface area contributed by atoms with Crippen LogP contribution in [0.15, 0.2) is 18.2 Å². The first-order valence-electron chi connectivity index (χ1n) is 6.81. The predicted molar refractivity (Wildman–Crippen MR) is 75.7 cm³/mol. The zero-order valence-electron chi connectivity index (χ0n) is 12.3. The zero-order chi connectivity index (χ0) is 14.8. The van der Waals surface area contributed by atoms with Gasteiger partial charge in [-0.05, 0) is 31.5 Å². The van der Waals surface area contributed by atoms with Crippen LogP contribution in [-0.4, -0.2) is 35.3 Å². The monoisotopic (exact) mass is 281 g/mol. The maximum atomic E-state index is 10.6. The van der Waals surface area contributed by atoms with Gasteiger partial charge in [-0.25, -0.2) is 0 Å². The van der Waals surface area contributed by atoms with Crippen molar-refractivity contribution in [1.82, 2.24) is 5.32 Å². The summed E-state index contributed by atoms with van der Waals surface area (Å²) >= 11 is 0. The van der Waals surface area contributed by atoms with Crippen LogP contribution in [0.1, 0.15) is 32.3 Å². The van der Waals surface area contributed by atoms with Crippen molar-refractivity contribution in [3.8, 4) is 11.5 Å². The van der Waals surface area contributed by atoms with Crippen molar-refractivity contribution in [2.45, 2.75) is 44.6 Å². The fourth-order valence-electron chi connectivity index (χ4n) is 2.59. The average molecular weight is 281 g/mol. The van der Waals surface area contributed by atoms with E-state index in [0.29, 0.717) is 31.7 Å². The van der Waals surface area contributed by atoms with Crippen molar-refractivity contribution in [2.75, 3.05) is 13.7 Å². The van der Waals surface area contributed by atoms with Gasteiger partial charge in [-0.15, -0.1) is 0 Å². The molecule has 1 unspecified atom stereocenters. The molecule has 5 nitrogen and oxygen atoms in total. The maximum Gasteiger partial charge on any atom is 0.160 e. The fourth-order valence-corrected chi connectivity index (χ4v) is 2.59. The minimum Gasteiger partial charge on any atom is -0.504 e. The van der Waals surface area contributed by atoms with Gasteiger partial charge in [-0.1, -0.05) is 6.07 Å². The van der Waals surface area contributed by atoms with Gasteiger partial charge in [-0.3, -0.25) is 5.32 Å². The summed E-state index contributed by atoms with van der Waals surface area (Å²) in [5.74, 6) is 0.547. The number of methoxy groups -OCH3 is 1. The van der Waals surface area contributed by atoms with E-state index in [1.54, 1.807) is 18.2 Å². The Morgan fingerprint density at radius 3 is 2.80 bits per heavy atom. The van der Waals surface area contributed by atoms with Crippen molar-refractivity contribution in [1.29, 1.82) is 0 Å². The Balaban J connectivity index is 2.01. The quantitative estimate of drug-likeness (QED) is 0.734. The molecule has 0 saturated carbocycles. The van der Waals surface area contributed by atoms with Crippen LogP contribution in [0.4, 0.5) is 0 Å². The number of phenolic OH excluding ortho intramolecular Hbond substituents is 1. The summed E-state index contributed by atoms with van der Waals surface area (Å²) in [6, 6.07) is 5.16. The van der Waals surface area contributed by atoms with E-state index in [-0.39, 0.29) is 11.4 Å². The van der Waals surface area contributed by atoms with Crippen LogP contribution in [0.3, 0.4) is 0 Å². The van der Waals surface area contributed by atoms with Crippen LogP contribution in [0, 0.1) is 0 Å². The number of ether oxygens (including phenoxy) is 2. The number of hydrogen-bond acceptors (Lipinski definition) is 5. The van der Waals surface area contributed by atoms with E-state index >= 15 is 0 Å². The molecule has 0 amide bonds. The van der Waals surface area contributed by atoms with Crippen molar-refractivity contribution in [2.24, 2.45) is 0 Å². The van der Waals surface area contributed by atoms with Crippen LogP contribution in [-0.2, 0) is 11.3 Å². The third kappa shape index (κ3) is 3.62. The molecule has 2 rings (SSSR count). The zero-order valence-corrected chi connectivity index (χ0v) is 12.3. The van der Waals surface area contributed by atoms with Gasteiger partial charge in [0.2, 0.25) is 0 Å². The normalized spacial score (nSPS) is 25.4. The Hall–Kier alpha value is -1.30. The van der Waals surface area contributed by atoms with Gasteiger partial charge in [0.05, 0.1) is 19.3 Å². The van der Waals surface area contributed by atoms with Gasteiger partial charge < -0.3 is 19.7 Å². The Morgan fingerprint density at radius 1 is 1.40 bits per heavy atom. The molecule has 0 bridgehead atoms. The molecule has 1 fully saturated rings. The van der Waals surface area contributed by atoms with Gasteiger partial charge in [0.25, 0.3) is 0 Å². The molecule has 1 aliphatic rings. The largest absolute Gasteiger partial charge is 0.504 e. The van der Waals surface area contributed by atoms with E-state index in [1.807, 2.05) is 13.8 Å². The van der Waals surface area contributed by atoms with E-state index < -0.39 is 5.72 Å². The average Bonchev–Trinajstić information content (AvgIpc) is 2.36. The highest BCUT2D eigenvalue weighted by Crippen LogP contribution is 2.31. The van der Waals surface area contributed by atoms with E-state index in [4.69, 9.17) is 9.47 Å². The molecule has 0 radical (unpaired) electrons. The first-order chi connectivity index (χ1) is 9.34. The summed E-state index contributed by atoms with van der Waals surface area (Å²) in [5.41, 5.74) is -0.308. The van der Waals surface area contributed by atoms with E-state index in [9.17, 15) is 10.2 Å². The third-order valence-corrected chi connectivity index (χ3v) is 3.59. The molecule has 1 aromatic rings. The number of rotatable bonds is 4. The summed E-state index contributed by atoms with van der Waals surface area (Å²) in [4.78, 5) is 0. The molecule has 0 aromatic heterocycles. The minimum absolute atomic E-state index is 0.113. The first kappa shape index (κ1) is 15.1. The Kier molecular flexibility index (Phi) is 4.22. The van der Waals surface area contributed by atoms with Crippen LogP contribution in [0.5, 0.6) is 11.5 Å². The Morgan fingerprint density at radius 2 is 2.15 bits per heavy atom. The molecular weight excluding hydrogens is 258 g/mol. The number of phenols is 1. The molecule has 1 atom stereocenters. The second-order valence-electron chi connectivity index (χ2n) is 5.93. The number of nitrogens with one attached hydrogen (secondary N) is 1. The molecule has 0 aliphatic carbocycles. The maximum absolute atomic E-state index is 10.6. The highest BCUT2D eigenvalue weighted by Gasteiger charge is 2.38. The summed E-state index contributed by atoms with van der Waals surface area (Å²) in [6.07, 6.45) is 1.10. The van der Waals surface area contributed by atoms with Crippen molar-refractivity contribution in [3.05, 3.63) is 23.8 Å². The second kappa shape index (κ2) is 5.60. The lowest BCUT2D eigenvalue weighted by Crippen LogP contribution is -2.54. The van der Waals surface area contributed by atoms with Crippen LogP contribution in [0.2, 0.25) is 0 Å². The highest BCUT2D eigenvalue weighted by atomic mass is 16.5. The molecule has 1 heterocycles. The molecule has 20 heavy (non-hydrogen) atoms. The van der Waals surface area contributed by atoms with Crippen LogP contribution >= 0.6 is 0 Å². The lowest BCUT2D eigenvalue weighted by molar-refractivity contribution is -0.157. The molecule has 1 saturated heterocycles. The summed E-state index contributed by atoms with van der Waals surface area (Å²) in [6.45, 7) is 4.99. The highest BCUT2D eigenvalue weighted by molar-refractivity contribution is 5.41. The summed E-state index contributed by atoms with van der Waals surface area (Å²) in [7, 11) is 1.51. The summed E-state index contributed by atoms with van der Waals surface area (Å²) in [5, 5.41) is 23.3. The summed E-state index contributed by atoms with van der Waals surface area (Å²) < 4.78 is 10.7. The van der Waals surface area contributed by atoms with E-state index in [1.165, 1.54) is 7.11 Å². The Bertz CT molecular complexity index is 475. The first-order valence-corrected chi connectivity index (χ1v) is 6.81. The van der Waals surface area contributed by atoms with Gasteiger partial charge >= 0.3 is 0 Å². The van der Waals surface area contributed by atoms with Gasteiger partial charge in [0.1, 0.15) is 5.72 Å². The minimum atomic E-state index is -0.924. The Labute approximate surface area is 119 Å². The molecule has 1 aliphatic heterocycles. The van der Waals surface area contributed by atoms with Gasteiger partial charge in [0, 0.05) is 19.4 Å². The molecule has 0 spiro atoms. The molecule has 5 heteroatoms. The smallest absolute Gasteiger partial charge is 0.160 e. The SMILES string of the molecule is COc1cc(CNC2(O)CCOC(C)(C)C2)ccc1O. The molecule has 3 N–H and O–H groups in total. The van der Waals surface area contributed by atoms with Crippen molar-refractivity contribution < 1.29 is 19.7 Å². The van der Waals surface area contributed by atoms with Crippen LogP contribution in [0.25, 0.3) is 0 Å². The number of benzene rings is 1. The molecule has 1 aromatic carbocycles. The molecular formula is C15H23NO4. The van der Waals surface area contributed by atoms with Gasteiger partial charge in [-0.2, -0.15) is 0 Å². The number of aromatic hydroxyl groups is 1.